The van der Waals surface area contributed by atoms with Crippen LogP contribution >= 0.6 is 12.2 Å². The first-order valence-corrected chi connectivity index (χ1v) is 7.12. The zero-order valence-corrected chi connectivity index (χ0v) is 12.7. The molecule has 0 spiro atoms. The Bertz CT molecular complexity index is 601. The number of methoxy groups -OCH3 is 1. The molecule has 2 rings (SSSR count). The van der Waals surface area contributed by atoms with E-state index in [9.17, 15) is 9.18 Å². The highest BCUT2D eigenvalue weighted by Crippen LogP contribution is 2.30. The Morgan fingerprint density at radius 3 is 2.76 bits per heavy atom. The summed E-state index contributed by atoms with van der Waals surface area (Å²) in [5.74, 6) is -0.883. The van der Waals surface area contributed by atoms with Crippen molar-refractivity contribution in [3.05, 3.63) is 46.9 Å². The SMILES string of the molecule is CCCC1=C(C(=O)OC)C(c2ccccc2F)NC(=S)N1. The summed E-state index contributed by atoms with van der Waals surface area (Å²) in [7, 11) is 1.31. The molecule has 21 heavy (non-hydrogen) atoms. The van der Waals surface area contributed by atoms with Crippen LogP contribution in [0.15, 0.2) is 35.5 Å². The number of halogens is 1. The van der Waals surface area contributed by atoms with Gasteiger partial charge in [0.15, 0.2) is 5.11 Å². The molecule has 0 amide bonds. The minimum Gasteiger partial charge on any atom is -0.466 e. The molecule has 1 atom stereocenters. The predicted octanol–water partition coefficient (Wildman–Crippen LogP) is 2.57. The molecule has 1 aliphatic heterocycles. The molecule has 1 aromatic rings. The molecule has 0 fully saturated rings. The maximum Gasteiger partial charge on any atom is 0.337 e. The Balaban J connectivity index is 2.55. The molecule has 1 heterocycles. The molecule has 1 unspecified atom stereocenters. The predicted molar refractivity (Wildman–Crippen MR) is 82.0 cm³/mol. The summed E-state index contributed by atoms with van der Waals surface area (Å²) in [4.78, 5) is 12.1. The Hall–Kier alpha value is -1.95. The van der Waals surface area contributed by atoms with Crippen LogP contribution in [0.2, 0.25) is 0 Å². The summed E-state index contributed by atoms with van der Waals surface area (Å²) in [6.45, 7) is 1.99. The zero-order valence-electron chi connectivity index (χ0n) is 11.9. The second-order valence-corrected chi connectivity index (χ2v) is 5.10. The summed E-state index contributed by atoms with van der Waals surface area (Å²) >= 11 is 5.16. The average molecular weight is 308 g/mol. The summed E-state index contributed by atoms with van der Waals surface area (Å²) < 4.78 is 18.9. The van der Waals surface area contributed by atoms with E-state index in [4.69, 9.17) is 17.0 Å². The Morgan fingerprint density at radius 1 is 1.43 bits per heavy atom. The van der Waals surface area contributed by atoms with Gasteiger partial charge in [0, 0.05) is 11.3 Å². The smallest absolute Gasteiger partial charge is 0.337 e. The van der Waals surface area contributed by atoms with Crippen LogP contribution in [0.1, 0.15) is 31.4 Å². The Morgan fingerprint density at radius 2 is 2.14 bits per heavy atom. The van der Waals surface area contributed by atoms with Crippen LogP contribution in [0.3, 0.4) is 0 Å². The van der Waals surface area contributed by atoms with Crippen molar-refractivity contribution in [3.8, 4) is 0 Å². The van der Waals surface area contributed by atoms with Gasteiger partial charge in [-0.15, -0.1) is 0 Å². The van der Waals surface area contributed by atoms with Crippen molar-refractivity contribution in [2.45, 2.75) is 25.8 Å². The molecule has 112 valence electrons. The fourth-order valence-corrected chi connectivity index (χ4v) is 2.60. The summed E-state index contributed by atoms with van der Waals surface area (Å²) in [5, 5.41) is 6.30. The number of hydrogen-bond acceptors (Lipinski definition) is 3. The maximum atomic E-state index is 14.1. The number of carbonyl (C=O) groups excluding carboxylic acids is 1. The summed E-state index contributed by atoms with van der Waals surface area (Å²) in [5.41, 5.74) is 1.43. The van der Waals surface area contributed by atoms with Crippen molar-refractivity contribution in [1.82, 2.24) is 10.6 Å². The van der Waals surface area contributed by atoms with E-state index in [2.05, 4.69) is 10.6 Å². The third kappa shape index (κ3) is 3.21. The first kappa shape index (κ1) is 15.4. The third-order valence-electron chi connectivity index (χ3n) is 3.28. The van der Waals surface area contributed by atoms with E-state index in [-0.39, 0.29) is 0 Å². The van der Waals surface area contributed by atoms with Crippen LogP contribution < -0.4 is 10.6 Å². The molecule has 1 aliphatic rings. The van der Waals surface area contributed by atoms with Crippen molar-refractivity contribution in [3.63, 3.8) is 0 Å². The van der Waals surface area contributed by atoms with E-state index in [1.165, 1.54) is 13.2 Å². The van der Waals surface area contributed by atoms with Gasteiger partial charge in [0.25, 0.3) is 0 Å². The van der Waals surface area contributed by atoms with Gasteiger partial charge in [-0.25, -0.2) is 9.18 Å². The largest absolute Gasteiger partial charge is 0.466 e. The van der Waals surface area contributed by atoms with Crippen LogP contribution in [0.4, 0.5) is 4.39 Å². The van der Waals surface area contributed by atoms with Crippen molar-refractivity contribution >= 4 is 23.3 Å². The van der Waals surface area contributed by atoms with Gasteiger partial charge in [0.1, 0.15) is 5.82 Å². The lowest BCUT2D eigenvalue weighted by Crippen LogP contribution is -2.46. The maximum absolute atomic E-state index is 14.1. The van der Waals surface area contributed by atoms with Gasteiger partial charge in [-0.1, -0.05) is 31.5 Å². The molecule has 1 aromatic carbocycles. The van der Waals surface area contributed by atoms with Crippen LogP contribution in [0.5, 0.6) is 0 Å². The van der Waals surface area contributed by atoms with Crippen molar-refractivity contribution in [1.29, 1.82) is 0 Å². The fourth-order valence-electron chi connectivity index (χ4n) is 2.36. The minimum atomic E-state index is -0.644. The number of hydrogen-bond donors (Lipinski definition) is 2. The number of ether oxygens (including phenoxy) is 1. The normalized spacial score (nSPS) is 18.0. The third-order valence-corrected chi connectivity index (χ3v) is 3.50. The second kappa shape index (κ2) is 6.67. The highest BCUT2D eigenvalue weighted by Gasteiger charge is 2.33. The van der Waals surface area contributed by atoms with Crippen LogP contribution in [0.25, 0.3) is 0 Å². The number of rotatable bonds is 4. The lowest BCUT2D eigenvalue weighted by Gasteiger charge is -2.31. The number of carbonyl (C=O) groups is 1. The number of benzene rings is 1. The Kier molecular flexibility index (Phi) is 4.90. The zero-order chi connectivity index (χ0) is 15.4. The monoisotopic (exact) mass is 308 g/mol. The number of esters is 1. The first-order chi connectivity index (χ1) is 10.1. The van der Waals surface area contributed by atoms with Gasteiger partial charge in [-0.2, -0.15) is 0 Å². The van der Waals surface area contributed by atoms with Gasteiger partial charge >= 0.3 is 5.97 Å². The molecule has 0 radical (unpaired) electrons. The van der Waals surface area contributed by atoms with Gasteiger partial charge < -0.3 is 15.4 Å². The van der Waals surface area contributed by atoms with Crippen molar-refractivity contribution in [2.75, 3.05) is 7.11 Å². The van der Waals surface area contributed by atoms with E-state index in [1.807, 2.05) is 6.92 Å². The number of thiocarbonyl (C=S) groups is 1. The van der Waals surface area contributed by atoms with E-state index in [1.54, 1.807) is 18.2 Å². The van der Waals surface area contributed by atoms with Gasteiger partial charge in [0.2, 0.25) is 0 Å². The first-order valence-electron chi connectivity index (χ1n) is 6.71. The molecule has 0 aromatic heterocycles. The quantitative estimate of drug-likeness (QED) is 0.661. The average Bonchev–Trinajstić information content (AvgIpc) is 2.47. The molecule has 0 saturated heterocycles. The van der Waals surface area contributed by atoms with E-state index >= 15 is 0 Å². The Labute approximate surface area is 128 Å². The molecule has 0 bridgehead atoms. The molecular weight excluding hydrogens is 291 g/mol. The van der Waals surface area contributed by atoms with Crippen LogP contribution in [-0.2, 0) is 9.53 Å². The lowest BCUT2D eigenvalue weighted by molar-refractivity contribution is -0.136. The van der Waals surface area contributed by atoms with Crippen LogP contribution in [-0.4, -0.2) is 18.2 Å². The van der Waals surface area contributed by atoms with Crippen molar-refractivity contribution in [2.24, 2.45) is 0 Å². The molecule has 0 aliphatic carbocycles. The van der Waals surface area contributed by atoms with E-state index in [0.717, 1.165) is 6.42 Å². The highest BCUT2D eigenvalue weighted by atomic mass is 32.1. The fraction of sp³-hybridized carbons (Fsp3) is 0.333. The molecule has 6 heteroatoms. The molecular formula is C15H17FN2O2S. The lowest BCUT2D eigenvalue weighted by atomic mass is 9.93. The number of nitrogens with one attached hydrogen (secondary N) is 2. The van der Waals surface area contributed by atoms with Crippen molar-refractivity contribution < 1.29 is 13.9 Å². The van der Waals surface area contributed by atoms with Gasteiger partial charge in [-0.05, 0) is 24.7 Å². The standard InChI is InChI=1S/C15H17FN2O2S/c1-3-6-11-12(14(19)20-2)13(18-15(21)17-11)9-7-4-5-8-10(9)16/h4-5,7-8,13H,3,6H2,1-2H3,(H2,17,18,21). The van der Waals surface area contributed by atoms with E-state index < -0.39 is 17.8 Å². The molecule has 0 saturated carbocycles. The minimum absolute atomic E-state index is 0.371. The molecule has 2 N–H and O–H groups in total. The highest BCUT2D eigenvalue weighted by molar-refractivity contribution is 7.80. The second-order valence-electron chi connectivity index (χ2n) is 4.69. The summed E-state index contributed by atoms with van der Waals surface area (Å²) in [6, 6.07) is 5.67. The van der Waals surface area contributed by atoms with Crippen LogP contribution in [0, 0.1) is 5.82 Å². The molecule has 4 nitrogen and oxygen atoms in total. The topological polar surface area (TPSA) is 50.4 Å². The van der Waals surface area contributed by atoms with E-state index in [0.29, 0.717) is 28.4 Å². The summed E-state index contributed by atoms with van der Waals surface area (Å²) in [6.07, 6.45) is 1.46. The van der Waals surface area contributed by atoms with Gasteiger partial charge in [-0.3, -0.25) is 0 Å². The number of allylic oxidation sites excluding steroid dienone is 1. The van der Waals surface area contributed by atoms with Gasteiger partial charge in [0.05, 0.1) is 18.7 Å².